The first-order valence-electron chi connectivity index (χ1n) is 9.33. The highest BCUT2D eigenvalue weighted by molar-refractivity contribution is 5.91. The summed E-state index contributed by atoms with van der Waals surface area (Å²) in [7, 11) is 0. The smallest absolute Gasteiger partial charge is 0.246 e. The van der Waals surface area contributed by atoms with Gasteiger partial charge in [-0.1, -0.05) is 0 Å². The quantitative estimate of drug-likeness (QED) is 0.741. The number of carbonyl (C=O) groups excluding carboxylic acids is 1. The maximum atomic E-state index is 12.4. The van der Waals surface area contributed by atoms with Gasteiger partial charge in [0.2, 0.25) is 5.91 Å². The molecule has 0 spiro atoms. The van der Waals surface area contributed by atoms with Crippen molar-refractivity contribution in [3.63, 3.8) is 0 Å². The summed E-state index contributed by atoms with van der Waals surface area (Å²) < 4.78 is 3.83. The first-order valence-corrected chi connectivity index (χ1v) is 9.33. The van der Waals surface area contributed by atoms with E-state index in [0.29, 0.717) is 0 Å². The molecular formula is C19H28N6O. The van der Waals surface area contributed by atoms with Gasteiger partial charge in [0.25, 0.3) is 0 Å². The second-order valence-corrected chi connectivity index (χ2v) is 6.66. The zero-order valence-corrected chi connectivity index (χ0v) is 15.9. The van der Waals surface area contributed by atoms with Crippen molar-refractivity contribution in [1.82, 2.24) is 29.4 Å². The Morgan fingerprint density at radius 1 is 1.12 bits per heavy atom. The van der Waals surface area contributed by atoms with E-state index in [9.17, 15) is 4.79 Å². The number of piperazine rings is 1. The lowest BCUT2D eigenvalue weighted by atomic mass is 10.2. The molecule has 0 atom stereocenters. The summed E-state index contributed by atoms with van der Waals surface area (Å²) in [6.07, 6.45) is 9.36. The molecule has 1 saturated heterocycles. The number of amides is 1. The lowest BCUT2D eigenvalue weighted by Gasteiger charge is -2.34. The molecule has 7 heteroatoms. The zero-order valence-electron chi connectivity index (χ0n) is 15.9. The Morgan fingerprint density at radius 3 is 2.46 bits per heavy atom. The molecule has 3 rings (SSSR count). The number of nitrogens with zero attached hydrogens (tertiary/aromatic N) is 6. The Labute approximate surface area is 154 Å². The first kappa shape index (κ1) is 18.4. The van der Waals surface area contributed by atoms with Crippen LogP contribution in [0.15, 0.2) is 24.7 Å². The maximum absolute atomic E-state index is 12.4. The van der Waals surface area contributed by atoms with Crippen molar-refractivity contribution in [2.45, 2.75) is 40.4 Å². The number of hydrogen-bond acceptors (Lipinski definition) is 4. The monoisotopic (exact) mass is 356 g/mol. The number of carbonyl (C=O) groups is 1. The summed E-state index contributed by atoms with van der Waals surface area (Å²) in [6.45, 7) is 12.1. The van der Waals surface area contributed by atoms with Gasteiger partial charge in [-0.25, -0.2) is 0 Å². The molecule has 1 aliphatic rings. The Morgan fingerprint density at radius 2 is 1.85 bits per heavy atom. The van der Waals surface area contributed by atoms with Crippen LogP contribution in [0.3, 0.4) is 0 Å². The van der Waals surface area contributed by atoms with Crippen molar-refractivity contribution in [3.8, 4) is 0 Å². The van der Waals surface area contributed by atoms with Gasteiger partial charge in [0.1, 0.15) is 0 Å². The minimum Gasteiger partial charge on any atom is -0.337 e. The van der Waals surface area contributed by atoms with Gasteiger partial charge in [-0.3, -0.25) is 19.1 Å². The van der Waals surface area contributed by atoms with E-state index in [0.717, 1.165) is 57.1 Å². The van der Waals surface area contributed by atoms with Crippen molar-refractivity contribution in [2.24, 2.45) is 0 Å². The van der Waals surface area contributed by atoms with E-state index in [1.54, 1.807) is 12.3 Å². The van der Waals surface area contributed by atoms with Crippen LogP contribution in [-0.4, -0.2) is 61.4 Å². The average Bonchev–Trinajstić information content (AvgIpc) is 3.27. The third-order valence-electron chi connectivity index (χ3n) is 4.85. The van der Waals surface area contributed by atoms with E-state index >= 15 is 0 Å². The molecule has 0 unspecified atom stereocenters. The molecule has 0 N–H and O–H groups in total. The summed E-state index contributed by atoms with van der Waals surface area (Å²) in [4.78, 5) is 16.7. The lowest BCUT2D eigenvalue weighted by molar-refractivity contribution is -0.127. The van der Waals surface area contributed by atoms with E-state index in [1.807, 2.05) is 33.5 Å². The van der Waals surface area contributed by atoms with Crippen molar-refractivity contribution in [3.05, 3.63) is 41.5 Å². The molecule has 2 aromatic rings. The Balaban J connectivity index is 1.49. The highest BCUT2D eigenvalue weighted by Crippen LogP contribution is 2.12. The number of aromatic nitrogens is 4. The van der Waals surface area contributed by atoms with Crippen LogP contribution in [-0.2, 0) is 24.4 Å². The molecule has 3 heterocycles. The van der Waals surface area contributed by atoms with Gasteiger partial charge in [0, 0.05) is 75.4 Å². The summed E-state index contributed by atoms with van der Waals surface area (Å²) in [6, 6.07) is 0. The summed E-state index contributed by atoms with van der Waals surface area (Å²) >= 11 is 0. The fourth-order valence-electron chi connectivity index (χ4n) is 3.16. The van der Waals surface area contributed by atoms with Crippen molar-refractivity contribution in [1.29, 1.82) is 0 Å². The van der Waals surface area contributed by atoms with Crippen molar-refractivity contribution < 1.29 is 4.79 Å². The first-order chi connectivity index (χ1) is 12.6. The summed E-state index contributed by atoms with van der Waals surface area (Å²) in [5.74, 6) is 0.0730. The minimum absolute atomic E-state index is 0.0730. The highest BCUT2D eigenvalue weighted by atomic mass is 16.2. The van der Waals surface area contributed by atoms with Crippen molar-refractivity contribution >= 4 is 12.0 Å². The van der Waals surface area contributed by atoms with Crippen LogP contribution in [0.4, 0.5) is 0 Å². The third kappa shape index (κ3) is 4.40. The second kappa shape index (κ2) is 8.31. The fourth-order valence-corrected chi connectivity index (χ4v) is 3.16. The molecule has 7 nitrogen and oxygen atoms in total. The van der Waals surface area contributed by atoms with E-state index in [2.05, 4.69) is 35.1 Å². The van der Waals surface area contributed by atoms with Crippen LogP contribution >= 0.6 is 0 Å². The predicted octanol–water partition coefficient (Wildman–Crippen LogP) is 1.79. The lowest BCUT2D eigenvalue weighted by Crippen LogP contribution is -2.47. The van der Waals surface area contributed by atoms with Gasteiger partial charge in [-0.05, 0) is 26.8 Å². The molecule has 0 radical (unpaired) electrons. The highest BCUT2D eigenvalue weighted by Gasteiger charge is 2.20. The van der Waals surface area contributed by atoms with Gasteiger partial charge in [0.15, 0.2) is 0 Å². The molecule has 2 aromatic heterocycles. The van der Waals surface area contributed by atoms with E-state index in [4.69, 9.17) is 0 Å². The van der Waals surface area contributed by atoms with Gasteiger partial charge in [-0.15, -0.1) is 0 Å². The molecule has 0 aromatic carbocycles. The zero-order chi connectivity index (χ0) is 18.5. The summed E-state index contributed by atoms with van der Waals surface area (Å²) in [5, 5.41) is 8.73. The van der Waals surface area contributed by atoms with Gasteiger partial charge >= 0.3 is 0 Å². The molecule has 140 valence electrons. The molecule has 1 fully saturated rings. The molecule has 0 bridgehead atoms. The Bertz CT molecular complexity index is 767. The average molecular weight is 356 g/mol. The van der Waals surface area contributed by atoms with Crippen LogP contribution in [0.25, 0.3) is 6.08 Å². The van der Waals surface area contributed by atoms with Gasteiger partial charge < -0.3 is 4.90 Å². The standard InChI is InChI=1S/C19H28N6O/c1-4-24-13-17(12-20-24)6-7-19(26)23-10-8-22(9-11-23)14-18-15-25(5-2)21-16(18)3/h6-7,12-13,15H,4-5,8-11,14H2,1-3H3/b7-6+. The van der Waals surface area contributed by atoms with Crippen LogP contribution in [0.2, 0.25) is 0 Å². The van der Waals surface area contributed by atoms with Crippen LogP contribution < -0.4 is 0 Å². The van der Waals surface area contributed by atoms with E-state index < -0.39 is 0 Å². The fraction of sp³-hybridized carbons (Fsp3) is 0.526. The predicted molar refractivity (Wildman–Crippen MR) is 101 cm³/mol. The minimum atomic E-state index is 0.0730. The molecule has 0 saturated carbocycles. The van der Waals surface area contributed by atoms with E-state index in [-0.39, 0.29) is 5.91 Å². The Hall–Kier alpha value is -2.41. The van der Waals surface area contributed by atoms with Crippen LogP contribution in [0.1, 0.15) is 30.7 Å². The third-order valence-corrected chi connectivity index (χ3v) is 4.85. The van der Waals surface area contributed by atoms with E-state index in [1.165, 1.54) is 5.56 Å². The normalized spacial score (nSPS) is 15.9. The molecule has 1 amide bonds. The topological polar surface area (TPSA) is 59.2 Å². The number of rotatable bonds is 6. The summed E-state index contributed by atoms with van der Waals surface area (Å²) in [5.41, 5.74) is 3.34. The maximum Gasteiger partial charge on any atom is 0.246 e. The van der Waals surface area contributed by atoms with Crippen LogP contribution in [0.5, 0.6) is 0 Å². The largest absolute Gasteiger partial charge is 0.337 e. The molecule has 26 heavy (non-hydrogen) atoms. The molecule has 1 aliphatic heterocycles. The van der Waals surface area contributed by atoms with Gasteiger partial charge in [-0.2, -0.15) is 10.2 Å². The Kier molecular flexibility index (Phi) is 5.88. The SMILES string of the molecule is CCn1cc(/C=C/C(=O)N2CCN(Cc3cn(CC)nc3C)CC2)cn1. The van der Waals surface area contributed by atoms with Gasteiger partial charge in [0.05, 0.1) is 11.9 Å². The van der Waals surface area contributed by atoms with Crippen LogP contribution in [0, 0.1) is 6.92 Å². The van der Waals surface area contributed by atoms with Crippen molar-refractivity contribution in [2.75, 3.05) is 26.2 Å². The number of aryl methyl sites for hydroxylation is 3. The second-order valence-electron chi connectivity index (χ2n) is 6.66. The molecular weight excluding hydrogens is 328 g/mol. The molecule has 0 aliphatic carbocycles. The number of hydrogen-bond donors (Lipinski definition) is 0.